The third-order valence-corrected chi connectivity index (χ3v) is 5.39. The topological polar surface area (TPSA) is 69.3 Å². The summed E-state index contributed by atoms with van der Waals surface area (Å²) in [5.41, 5.74) is 2.96. The van der Waals surface area contributed by atoms with E-state index in [1.54, 1.807) is 35.4 Å². The molecule has 148 valence electrons. The van der Waals surface area contributed by atoms with E-state index in [1.165, 1.54) is 0 Å². The quantitative estimate of drug-likeness (QED) is 0.520. The van der Waals surface area contributed by atoms with Gasteiger partial charge in [-0.1, -0.05) is 23.7 Å². The number of aromatic nitrogens is 2. The summed E-state index contributed by atoms with van der Waals surface area (Å²) >= 11 is 5.88. The Kier molecular flexibility index (Phi) is 5.74. The van der Waals surface area contributed by atoms with E-state index in [0.717, 1.165) is 28.4 Å². The van der Waals surface area contributed by atoms with Gasteiger partial charge in [0.2, 0.25) is 5.91 Å². The third-order valence-electron chi connectivity index (χ3n) is 5.14. The molecule has 3 heterocycles. The molecule has 3 aromatic rings. The van der Waals surface area contributed by atoms with Gasteiger partial charge in [-0.15, -0.1) is 0 Å². The standard InChI is InChI=1S/C22H21ClN4O2/c23-18-4-1-16(2-5-18)3-6-22(29)27-10-9-26(20(14-27)15-28)13-19-11-17-12-24-8-7-21(17)25-19/h1-8,11-12,15,20,25H,9-10,13-14H2/b6-3+. The van der Waals surface area contributed by atoms with Gasteiger partial charge in [-0.2, -0.15) is 0 Å². The zero-order valence-electron chi connectivity index (χ0n) is 15.8. The zero-order chi connectivity index (χ0) is 20.2. The summed E-state index contributed by atoms with van der Waals surface area (Å²) in [6.45, 7) is 2.23. The summed E-state index contributed by atoms with van der Waals surface area (Å²) in [6.07, 6.45) is 7.80. The zero-order valence-corrected chi connectivity index (χ0v) is 16.5. The lowest BCUT2D eigenvalue weighted by atomic mass is 10.1. The Labute approximate surface area is 173 Å². The SMILES string of the molecule is O=CC1CN(C(=O)/C=C/c2ccc(Cl)cc2)CCN1Cc1cc2cnccc2[nH]1. The van der Waals surface area contributed by atoms with E-state index in [-0.39, 0.29) is 11.9 Å². The van der Waals surface area contributed by atoms with Crippen LogP contribution in [0.1, 0.15) is 11.3 Å². The van der Waals surface area contributed by atoms with Gasteiger partial charge in [0.1, 0.15) is 6.29 Å². The fourth-order valence-electron chi connectivity index (χ4n) is 3.56. The molecule has 1 aromatic carbocycles. The Morgan fingerprint density at radius 1 is 1.24 bits per heavy atom. The first-order valence-corrected chi connectivity index (χ1v) is 9.84. The minimum Gasteiger partial charge on any atom is -0.357 e. The summed E-state index contributed by atoms with van der Waals surface area (Å²) < 4.78 is 0. The highest BCUT2D eigenvalue weighted by Crippen LogP contribution is 2.18. The van der Waals surface area contributed by atoms with E-state index in [0.29, 0.717) is 31.2 Å². The number of pyridine rings is 1. The van der Waals surface area contributed by atoms with E-state index in [4.69, 9.17) is 11.6 Å². The number of nitrogens with zero attached hydrogens (tertiary/aromatic N) is 3. The lowest BCUT2D eigenvalue weighted by Crippen LogP contribution is -2.54. The highest BCUT2D eigenvalue weighted by molar-refractivity contribution is 6.30. The summed E-state index contributed by atoms with van der Waals surface area (Å²) in [6, 6.07) is 10.9. The largest absolute Gasteiger partial charge is 0.357 e. The molecule has 0 saturated carbocycles. The average molecular weight is 409 g/mol. The van der Waals surface area contributed by atoms with Crippen LogP contribution in [0.25, 0.3) is 17.0 Å². The van der Waals surface area contributed by atoms with Crippen LogP contribution in [0.5, 0.6) is 0 Å². The lowest BCUT2D eigenvalue weighted by Gasteiger charge is -2.38. The molecule has 1 unspecified atom stereocenters. The van der Waals surface area contributed by atoms with Crippen molar-refractivity contribution in [3.8, 4) is 0 Å². The average Bonchev–Trinajstić information content (AvgIpc) is 3.15. The molecule has 1 N–H and O–H groups in total. The van der Waals surface area contributed by atoms with E-state index in [1.807, 2.05) is 24.4 Å². The third kappa shape index (κ3) is 4.55. The van der Waals surface area contributed by atoms with Crippen molar-refractivity contribution in [2.24, 2.45) is 0 Å². The van der Waals surface area contributed by atoms with Crippen molar-refractivity contribution in [1.29, 1.82) is 0 Å². The fraction of sp³-hybridized carbons (Fsp3) is 0.227. The number of amides is 1. The van der Waals surface area contributed by atoms with Crippen molar-refractivity contribution in [2.75, 3.05) is 19.6 Å². The minimum atomic E-state index is -0.332. The van der Waals surface area contributed by atoms with Crippen LogP contribution in [0.2, 0.25) is 5.02 Å². The molecule has 1 atom stereocenters. The molecule has 1 aliphatic rings. The summed E-state index contributed by atoms with van der Waals surface area (Å²) in [5.74, 6) is -0.0943. The number of halogens is 1. The first-order valence-electron chi connectivity index (χ1n) is 9.46. The highest BCUT2D eigenvalue weighted by atomic mass is 35.5. The van der Waals surface area contributed by atoms with Gasteiger partial charge in [-0.05, 0) is 35.9 Å². The molecule has 4 rings (SSSR count). The van der Waals surface area contributed by atoms with Gasteiger partial charge in [0.25, 0.3) is 0 Å². The Hall–Kier alpha value is -2.96. The molecule has 0 bridgehead atoms. The Morgan fingerprint density at radius 2 is 2.07 bits per heavy atom. The molecule has 7 heteroatoms. The molecule has 6 nitrogen and oxygen atoms in total. The van der Waals surface area contributed by atoms with E-state index < -0.39 is 0 Å². The molecule has 2 aromatic heterocycles. The molecule has 0 aliphatic carbocycles. The summed E-state index contributed by atoms with van der Waals surface area (Å²) in [5, 5.41) is 1.70. The number of rotatable bonds is 5. The number of hydrogen-bond acceptors (Lipinski definition) is 4. The first-order chi connectivity index (χ1) is 14.1. The molecule has 0 spiro atoms. The van der Waals surface area contributed by atoms with Crippen LogP contribution in [-0.4, -0.2) is 57.6 Å². The van der Waals surface area contributed by atoms with Crippen molar-refractivity contribution >= 4 is 40.8 Å². The fourth-order valence-corrected chi connectivity index (χ4v) is 3.68. The minimum absolute atomic E-state index is 0.0943. The number of carbonyl (C=O) groups excluding carboxylic acids is 2. The van der Waals surface area contributed by atoms with Crippen molar-refractivity contribution < 1.29 is 9.59 Å². The number of fused-ring (bicyclic) bond motifs is 1. The second-order valence-corrected chi connectivity index (χ2v) is 7.54. The molecular formula is C22H21ClN4O2. The van der Waals surface area contributed by atoms with Crippen molar-refractivity contribution in [3.05, 3.63) is 71.1 Å². The number of benzene rings is 1. The Morgan fingerprint density at radius 3 is 2.83 bits per heavy atom. The maximum absolute atomic E-state index is 12.5. The molecular weight excluding hydrogens is 388 g/mol. The number of H-pyrrole nitrogens is 1. The Balaban J connectivity index is 1.39. The first kappa shape index (κ1) is 19.4. The van der Waals surface area contributed by atoms with Gasteiger partial charge in [-0.3, -0.25) is 14.7 Å². The lowest BCUT2D eigenvalue weighted by molar-refractivity contribution is -0.130. The molecule has 1 fully saturated rings. The smallest absolute Gasteiger partial charge is 0.246 e. The van der Waals surface area contributed by atoms with E-state index in [2.05, 4.69) is 20.9 Å². The summed E-state index contributed by atoms with van der Waals surface area (Å²) in [4.78, 5) is 35.5. The van der Waals surface area contributed by atoms with Gasteiger partial charge in [0, 0.05) is 66.3 Å². The second-order valence-electron chi connectivity index (χ2n) is 7.10. The summed E-state index contributed by atoms with van der Waals surface area (Å²) in [7, 11) is 0. The molecule has 1 amide bonds. The maximum Gasteiger partial charge on any atom is 0.246 e. The number of aldehydes is 1. The number of piperazine rings is 1. The van der Waals surface area contributed by atoms with Crippen LogP contribution < -0.4 is 0 Å². The van der Waals surface area contributed by atoms with Crippen LogP contribution >= 0.6 is 11.6 Å². The van der Waals surface area contributed by atoms with Crippen LogP contribution in [0.15, 0.2) is 54.9 Å². The van der Waals surface area contributed by atoms with Gasteiger partial charge in [-0.25, -0.2) is 0 Å². The number of carbonyl (C=O) groups is 2. The predicted octanol–water partition coefficient (Wildman–Crippen LogP) is 3.14. The number of hydrogen-bond donors (Lipinski definition) is 1. The molecule has 29 heavy (non-hydrogen) atoms. The van der Waals surface area contributed by atoms with Gasteiger partial charge >= 0.3 is 0 Å². The van der Waals surface area contributed by atoms with Gasteiger partial charge < -0.3 is 14.7 Å². The monoisotopic (exact) mass is 408 g/mol. The van der Waals surface area contributed by atoms with Crippen LogP contribution in [0, 0.1) is 0 Å². The van der Waals surface area contributed by atoms with Crippen molar-refractivity contribution in [1.82, 2.24) is 19.8 Å². The van der Waals surface area contributed by atoms with E-state index >= 15 is 0 Å². The Bertz CT molecular complexity index is 1010. The number of nitrogens with one attached hydrogen (secondary N) is 1. The van der Waals surface area contributed by atoms with Gasteiger partial charge in [0.05, 0.1) is 6.04 Å². The van der Waals surface area contributed by atoms with Crippen molar-refractivity contribution in [3.63, 3.8) is 0 Å². The van der Waals surface area contributed by atoms with Crippen LogP contribution in [0.3, 0.4) is 0 Å². The van der Waals surface area contributed by atoms with Crippen LogP contribution in [-0.2, 0) is 16.1 Å². The van der Waals surface area contributed by atoms with E-state index in [9.17, 15) is 9.59 Å². The predicted molar refractivity (Wildman–Crippen MR) is 113 cm³/mol. The maximum atomic E-state index is 12.5. The molecule has 1 saturated heterocycles. The van der Waals surface area contributed by atoms with Crippen molar-refractivity contribution in [2.45, 2.75) is 12.6 Å². The number of aromatic amines is 1. The normalized spacial score (nSPS) is 17.8. The molecule has 1 aliphatic heterocycles. The van der Waals surface area contributed by atoms with Crippen LogP contribution in [0.4, 0.5) is 0 Å². The molecule has 0 radical (unpaired) electrons. The second kappa shape index (κ2) is 8.59. The highest BCUT2D eigenvalue weighted by Gasteiger charge is 2.28. The van der Waals surface area contributed by atoms with Gasteiger partial charge in [0.15, 0.2) is 0 Å².